The number of halogens is 1. The third kappa shape index (κ3) is 4.16. The first kappa shape index (κ1) is 18.0. The maximum Gasteiger partial charge on any atom is 0.260 e. The summed E-state index contributed by atoms with van der Waals surface area (Å²) >= 11 is 6.13. The van der Waals surface area contributed by atoms with Gasteiger partial charge in [0.1, 0.15) is 5.75 Å². The van der Waals surface area contributed by atoms with Crippen LogP contribution in [0.1, 0.15) is 24.0 Å². The molecule has 1 aliphatic heterocycles. The molecule has 0 saturated carbocycles. The molecule has 1 aromatic carbocycles. The highest BCUT2D eigenvalue weighted by Gasteiger charge is 2.35. The average molecular weight is 342 g/mol. The van der Waals surface area contributed by atoms with Crippen LogP contribution in [0.25, 0.3) is 0 Å². The number of ether oxygens (including phenoxy) is 3. The number of piperidine rings is 1. The Balaban J connectivity index is 1.89. The second-order valence-electron chi connectivity index (χ2n) is 5.86. The number of methoxy groups -OCH3 is 2. The Labute approximate surface area is 142 Å². The summed E-state index contributed by atoms with van der Waals surface area (Å²) in [5, 5.41) is 0.732. The standard InChI is InChI=1S/C17H24ClNO4/c1-12-9-14(10-13(2)16(12)18)23-11-15(20)19-7-5-17(21-3,22-4)6-8-19/h9-10H,5-8,11H2,1-4H3. The molecule has 1 saturated heterocycles. The van der Waals surface area contributed by atoms with Gasteiger partial charge in [-0.3, -0.25) is 4.79 Å². The fourth-order valence-corrected chi connectivity index (χ4v) is 2.92. The maximum absolute atomic E-state index is 12.3. The molecule has 6 heteroatoms. The van der Waals surface area contributed by atoms with Crippen LogP contribution in [-0.4, -0.2) is 50.5 Å². The molecule has 0 spiro atoms. The zero-order valence-electron chi connectivity index (χ0n) is 14.1. The highest BCUT2D eigenvalue weighted by atomic mass is 35.5. The molecule has 23 heavy (non-hydrogen) atoms. The second kappa shape index (κ2) is 7.51. The number of rotatable bonds is 5. The summed E-state index contributed by atoms with van der Waals surface area (Å²) < 4.78 is 16.5. The minimum atomic E-state index is -0.567. The van der Waals surface area contributed by atoms with E-state index in [2.05, 4.69) is 0 Å². The van der Waals surface area contributed by atoms with Crippen LogP contribution in [-0.2, 0) is 14.3 Å². The van der Waals surface area contributed by atoms with Gasteiger partial charge in [-0.25, -0.2) is 0 Å². The van der Waals surface area contributed by atoms with Crippen LogP contribution in [0.5, 0.6) is 5.75 Å². The Morgan fingerprint density at radius 1 is 1.17 bits per heavy atom. The van der Waals surface area contributed by atoms with Gasteiger partial charge in [0.25, 0.3) is 5.91 Å². The first-order chi connectivity index (χ1) is 10.9. The molecule has 1 heterocycles. The molecule has 0 atom stereocenters. The van der Waals surface area contributed by atoms with E-state index in [0.29, 0.717) is 31.7 Å². The summed E-state index contributed by atoms with van der Waals surface area (Å²) in [6, 6.07) is 3.69. The van der Waals surface area contributed by atoms with Gasteiger partial charge in [-0.1, -0.05) is 11.6 Å². The molecule has 0 aromatic heterocycles. The molecule has 128 valence electrons. The summed E-state index contributed by atoms with van der Waals surface area (Å²) in [6.45, 7) is 5.06. The zero-order chi connectivity index (χ0) is 17.0. The second-order valence-corrected chi connectivity index (χ2v) is 6.24. The number of carbonyl (C=O) groups is 1. The highest BCUT2D eigenvalue weighted by Crippen LogP contribution is 2.27. The molecule has 1 aromatic rings. The number of amides is 1. The molecule has 0 bridgehead atoms. The van der Waals surface area contributed by atoms with Gasteiger partial charge in [0, 0.05) is 45.2 Å². The first-order valence-electron chi connectivity index (χ1n) is 7.68. The molecule has 0 N–H and O–H groups in total. The third-order valence-corrected chi connectivity index (χ3v) is 4.99. The summed E-state index contributed by atoms with van der Waals surface area (Å²) in [6.07, 6.45) is 1.32. The minimum Gasteiger partial charge on any atom is -0.484 e. The molecule has 0 unspecified atom stereocenters. The van der Waals surface area contributed by atoms with Crippen LogP contribution in [0.4, 0.5) is 0 Å². The SMILES string of the molecule is COC1(OC)CCN(C(=O)COc2cc(C)c(Cl)c(C)c2)CC1. The van der Waals surface area contributed by atoms with E-state index in [9.17, 15) is 4.79 Å². The van der Waals surface area contributed by atoms with Crippen molar-refractivity contribution >= 4 is 17.5 Å². The zero-order valence-corrected chi connectivity index (χ0v) is 14.9. The Morgan fingerprint density at radius 3 is 2.17 bits per heavy atom. The van der Waals surface area contributed by atoms with Crippen molar-refractivity contribution in [2.75, 3.05) is 33.9 Å². The third-order valence-electron chi connectivity index (χ3n) is 4.39. The van der Waals surface area contributed by atoms with Gasteiger partial charge < -0.3 is 19.1 Å². The smallest absolute Gasteiger partial charge is 0.260 e. The van der Waals surface area contributed by atoms with E-state index in [1.54, 1.807) is 19.1 Å². The number of likely N-dealkylation sites (tertiary alicyclic amines) is 1. The molecule has 2 rings (SSSR count). The fraction of sp³-hybridized carbons (Fsp3) is 0.588. The van der Waals surface area contributed by atoms with Crippen LogP contribution < -0.4 is 4.74 Å². The molecule has 1 fully saturated rings. The average Bonchev–Trinajstić information content (AvgIpc) is 2.57. The van der Waals surface area contributed by atoms with Crippen molar-refractivity contribution in [3.8, 4) is 5.75 Å². The molecule has 1 aliphatic rings. The molecule has 0 radical (unpaired) electrons. The van der Waals surface area contributed by atoms with E-state index in [1.165, 1.54) is 0 Å². The largest absolute Gasteiger partial charge is 0.484 e. The number of aryl methyl sites for hydroxylation is 2. The molecular weight excluding hydrogens is 318 g/mol. The van der Waals surface area contributed by atoms with Crippen molar-refractivity contribution in [2.45, 2.75) is 32.5 Å². The summed E-state index contributed by atoms with van der Waals surface area (Å²) in [7, 11) is 3.27. The summed E-state index contributed by atoms with van der Waals surface area (Å²) in [5.41, 5.74) is 1.88. The number of hydrogen-bond donors (Lipinski definition) is 0. The lowest BCUT2D eigenvalue weighted by Crippen LogP contribution is -2.49. The van der Waals surface area contributed by atoms with Gasteiger partial charge in [0.15, 0.2) is 12.4 Å². The van der Waals surface area contributed by atoms with Gasteiger partial charge in [-0.15, -0.1) is 0 Å². The Kier molecular flexibility index (Phi) is 5.89. The lowest BCUT2D eigenvalue weighted by molar-refractivity contribution is -0.228. The van der Waals surface area contributed by atoms with Crippen LogP contribution in [0, 0.1) is 13.8 Å². The Hall–Kier alpha value is -1.30. The minimum absolute atomic E-state index is 0.0213. The highest BCUT2D eigenvalue weighted by molar-refractivity contribution is 6.32. The van der Waals surface area contributed by atoms with Crippen molar-refractivity contribution in [2.24, 2.45) is 0 Å². The fourth-order valence-electron chi connectivity index (χ4n) is 2.81. The number of nitrogens with zero attached hydrogens (tertiary/aromatic N) is 1. The molecule has 5 nitrogen and oxygen atoms in total. The van der Waals surface area contributed by atoms with Crippen molar-refractivity contribution in [1.82, 2.24) is 4.90 Å². The number of benzene rings is 1. The first-order valence-corrected chi connectivity index (χ1v) is 8.06. The van der Waals surface area contributed by atoms with Crippen LogP contribution in [0.15, 0.2) is 12.1 Å². The number of hydrogen-bond acceptors (Lipinski definition) is 4. The van der Waals surface area contributed by atoms with Gasteiger partial charge in [0.05, 0.1) is 0 Å². The van der Waals surface area contributed by atoms with Crippen LogP contribution >= 0.6 is 11.6 Å². The van der Waals surface area contributed by atoms with E-state index in [1.807, 2.05) is 26.0 Å². The maximum atomic E-state index is 12.3. The van der Waals surface area contributed by atoms with Crippen molar-refractivity contribution in [3.63, 3.8) is 0 Å². The molecule has 1 amide bonds. The normalized spacial score (nSPS) is 17.2. The predicted octanol–water partition coefficient (Wildman–Crippen LogP) is 2.95. The van der Waals surface area contributed by atoms with Crippen LogP contribution in [0.2, 0.25) is 5.02 Å². The van der Waals surface area contributed by atoms with E-state index in [-0.39, 0.29) is 12.5 Å². The van der Waals surface area contributed by atoms with Crippen molar-refractivity contribution in [3.05, 3.63) is 28.3 Å². The van der Waals surface area contributed by atoms with Gasteiger partial charge in [-0.05, 0) is 37.1 Å². The van der Waals surface area contributed by atoms with Crippen molar-refractivity contribution < 1.29 is 19.0 Å². The van der Waals surface area contributed by atoms with Gasteiger partial charge >= 0.3 is 0 Å². The topological polar surface area (TPSA) is 48.0 Å². The van der Waals surface area contributed by atoms with E-state index in [0.717, 1.165) is 16.1 Å². The Morgan fingerprint density at radius 2 is 1.70 bits per heavy atom. The molecule has 0 aliphatic carbocycles. The van der Waals surface area contributed by atoms with Crippen LogP contribution in [0.3, 0.4) is 0 Å². The quantitative estimate of drug-likeness (QED) is 0.773. The van der Waals surface area contributed by atoms with E-state index >= 15 is 0 Å². The summed E-state index contributed by atoms with van der Waals surface area (Å²) in [5.74, 6) is 0.0659. The van der Waals surface area contributed by atoms with Gasteiger partial charge in [0.2, 0.25) is 0 Å². The Bertz CT molecular complexity index is 539. The van der Waals surface area contributed by atoms with E-state index in [4.69, 9.17) is 25.8 Å². The monoisotopic (exact) mass is 341 g/mol. The predicted molar refractivity (Wildman–Crippen MR) is 89.0 cm³/mol. The van der Waals surface area contributed by atoms with Crippen molar-refractivity contribution in [1.29, 1.82) is 0 Å². The lowest BCUT2D eigenvalue weighted by atomic mass is 10.0. The van der Waals surface area contributed by atoms with Gasteiger partial charge in [-0.2, -0.15) is 0 Å². The number of carbonyl (C=O) groups excluding carboxylic acids is 1. The lowest BCUT2D eigenvalue weighted by Gasteiger charge is -2.39. The van der Waals surface area contributed by atoms with E-state index < -0.39 is 5.79 Å². The summed E-state index contributed by atoms with van der Waals surface area (Å²) in [4.78, 5) is 14.1. The molecular formula is C17H24ClNO4.